The van der Waals surface area contributed by atoms with Gasteiger partial charge in [0.15, 0.2) is 0 Å². The van der Waals surface area contributed by atoms with Crippen molar-refractivity contribution in [2.75, 3.05) is 19.8 Å². The standard InChI is InChI=1S/C12H20N4O2/c1-2-3-14-11-7-18-6-10(11)12(17)15-5-9-4-13-8-16-9/h4,8,10-11,14H,2-3,5-7H2,1H3,(H,13,16)(H,15,17). The first-order valence-electron chi connectivity index (χ1n) is 6.37. The molecule has 0 saturated carbocycles. The number of H-pyrrole nitrogens is 1. The number of aromatic amines is 1. The Kier molecular flexibility index (Phi) is 4.72. The van der Waals surface area contributed by atoms with Crippen LogP contribution in [0.3, 0.4) is 0 Å². The SMILES string of the molecule is CCCNC1COCC1C(=O)NCc1cnc[nH]1. The molecule has 1 aromatic heterocycles. The summed E-state index contributed by atoms with van der Waals surface area (Å²) >= 11 is 0. The Morgan fingerprint density at radius 2 is 2.50 bits per heavy atom. The molecule has 2 unspecified atom stereocenters. The molecule has 1 aliphatic heterocycles. The van der Waals surface area contributed by atoms with Crippen molar-refractivity contribution < 1.29 is 9.53 Å². The van der Waals surface area contributed by atoms with E-state index in [4.69, 9.17) is 4.74 Å². The van der Waals surface area contributed by atoms with E-state index in [0.717, 1.165) is 18.7 Å². The minimum atomic E-state index is -0.0977. The van der Waals surface area contributed by atoms with E-state index in [1.807, 2.05) is 0 Å². The molecule has 2 rings (SSSR count). The molecule has 18 heavy (non-hydrogen) atoms. The van der Waals surface area contributed by atoms with Gasteiger partial charge in [0.2, 0.25) is 5.91 Å². The van der Waals surface area contributed by atoms with Gasteiger partial charge in [0.05, 0.1) is 37.7 Å². The largest absolute Gasteiger partial charge is 0.379 e. The van der Waals surface area contributed by atoms with E-state index in [0.29, 0.717) is 19.8 Å². The number of hydrogen-bond donors (Lipinski definition) is 3. The van der Waals surface area contributed by atoms with Crippen LogP contribution in [0.25, 0.3) is 0 Å². The molecule has 6 heteroatoms. The normalized spacial score (nSPS) is 23.2. The van der Waals surface area contributed by atoms with Crippen molar-refractivity contribution in [1.82, 2.24) is 20.6 Å². The average molecular weight is 252 g/mol. The number of rotatable bonds is 6. The summed E-state index contributed by atoms with van der Waals surface area (Å²) in [5.41, 5.74) is 0.903. The number of nitrogens with one attached hydrogen (secondary N) is 3. The maximum absolute atomic E-state index is 12.0. The highest BCUT2D eigenvalue weighted by atomic mass is 16.5. The van der Waals surface area contributed by atoms with Gasteiger partial charge in [-0.25, -0.2) is 4.98 Å². The minimum absolute atomic E-state index is 0.0377. The topological polar surface area (TPSA) is 79.0 Å². The van der Waals surface area contributed by atoms with Gasteiger partial charge < -0.3 is 20.4 Å². The molecule has 6 nitrogen and oxygen atoms in total. The van der Waals surface area contributed by atoms with Crippen molar-refractivity contribution in [3.8, 4) is 0 Å². The zero-order chi connectivity index (χ0) is 12.8. The summed E-state index contributed by atoms with van der Waals surface area (Å²) in [5, 5.41) is 6.25. The molecule has 0 bridgehead atoms. The Bertz CT molecular complexity index is 366. The third-order valence-electron chi connectivity index (χ3n) is 3.08. The van der Waals surface area contributed by atoms with Crippen LogP contribution < -0.4 is 10.6 Å². The molecular formula is C12H20N4O2. The maximum Gasteiger partial charge on any atom is 0.227 e. The van der Waals surface area contributed by atoms with Gasteiger partial charge in [-0.1, -0.05) is 6.92 Å². The predicted octanol–water partition coefficient (Wildman–Crippen LogP) is 0.0405. The average Bonchev–Trinajstić information content (AvgIpc) is 3.04. The van der Waals surface area contributed by atoms with Crippen LogP contribution in [0.5, 0.6) is 0 Å². The molecule has 3 N–H and O–H groups in total. The summed E-state index contributed by atoms with van der Waals surface area (Å²) < 4.78 is 5.38. The van der Waals surface area contributed by atoms with Crippen molar-refractivity contribution in [2.45, 2.75) is 25.9 Å². The lowest BCUT2D eigenvalue weighted by molar-refractivity contribution is -0.125. The van der Waals surface area contributed by atoms with Crippen LogP contribution >= 0.6 is 0 Å². The van der Waals surface area contributed by atoms with Crippen LogP contribution in [0.1, 0.15) is 19.0 Å². The quantitative estimate of drug-likeness (QED) is 0.668. The Morgan fingerprint density at radius 1 is 1.61 bits per heavy atom. The van der Waals surface area contributed by atoms with E-state index < -0.39 is 0 Å². The van der Waals surface area contributed by atoms with E-state index in [9.17, 15) is 4.79 Å². The Labute approximate surface area is 107 Å². The fourth-order valence-electron chi connectivity index (χ4n) is 2.04. The van der Waals surface area contributed by atoms with Crippen LogP contribution in [0.15, 0.2) is 12.5 Å². The number of imidazole rings is 1. The first-order valence-corrected chi connectivity index (χ1v) is 6.37. The highest BCUT2D eigenvalue weighted by Gasteiger charge is 2.33. The Morgan fingerprint density at radius 3 is 3.22 bits per heavy atom. The number of amides is 1. The molecule has 1 fully saturated rings. The molecule has 100 valence electrons. The molecule has 1 amide bonds. The fourth-order valence-corrected chi connectivity index (χ4v) is 2.04. The van der Waals surface area contributed by atoms with Crippen molar-refractivity contribution in [1.29, 1.82) is 0 Å². The van der Waals surface area contributed by atoms with Crippen LogP contribution in [-0.4, -0.2) is 41.7 Å². The van der Waals surface area contributed by atoms with Crippen LogP contribution in [0.2, 0.25) is 0 Å². The highest BCUT2D eigenvalue weighted by Crippen LogP contribution is 2.14. The summed E-state index contributed by atoms with van der Waals surface area (Å²) in [6, 6.07) is 0.131. The predicted molar refractivity (Wildman–Crippen MR) is 66.8 cm³/mol. The second-order valence-corrected chi connectivity index (χ2v) is 4.50. The summed E-state index contributed by atoms with van der Waals surface area (Å²) in [4.78, 5) is 18.9. The molecule has 2 heterocycles. The van der Waals surface area contributed by atoms with Gasteiger partial charge in [-0.3, -0.25) is 4.79 Å². The summed E-state index contributed by atoms with van der Waals surface area (Å²) in [6.07, 6.45) is 4.36. The second kappa shape index (κ2) is 6.51. The molecule has 0 radical (unpaired) electrons. The van der Waals surface area contributed by atoms with Crippen LogP contribution in [0.4, 0.5) is 0 Å². The third-order valence-corrected chi connectivity index (χ3v) is 3.08. The zero-order valence-electron chi connectivity index (χ0n) is 10.6. The maximum atomic E-state index is 12.0. The van der Waals surface area contributed by atoms with Crippen LogP contribution in [-0.2, 0) is 16.1 Å². The summed E-state index contributed by atoms with van der Waals surface area (Å²) in [6.45, 7) is 4.61. The number of nitrogens with zero attached hydrogens (tertiary/aromatic N) is 1. The summed E-state index contributed by atoms with van der Waals surface area (Å²) in [5.74, 6) is -0.0600. The lowest BCUT2D eigenvalue weighted by Gasteiger charge is -2.18. The molecular weight excluding hydrogens is 232 g/mol. The smallest absolute Gasteiger partial charge is 0.227 e. The van der Waals surface area contributed by atoms with Gasteiger partial charge in [0.25, 0.3) is 0 Å². The van der Waals surface area contributed by atoms with Crippen molar-refractivity contribution in [2.24, 2.45) is 5.92 Å². The molecule has 0 aliphatic carbocycles. The van der Waals surface area contributed by atoms with Crippen molar-refractivity contribution in [3.05, 3.63) is 18.2 Å². The second-order valence-electron chi connectivity index (χ2n) is 4.50. The molecule has 1 saturated heterocycles. The molecule has 0 aromatic carbocycles. The van der Waals surface area contributed by atoms with Crippen molar-refractivity contribution in [3.63, 3.8) is 0 Å². The number of ether oxygens (including phenoxy) is 1. The monoisotopic (exact) mass is 252 g/mol. The van der Waals surface area contributed by atoms with Gasteiger partial charge in [-0.05, 0) is 13.0 Å². The Hall–Kier alpha value is -1.40. The Balaban J connectivity index is 1.80. The first-order chi connectivity index (χ1) is 8.81. The zero-order valence-corrected chi connectivity index (χ0v) is 10.6. The van der Waals surface area contributed by atoms with Crippen LogP contribution in [0, 0.1) is 5.92 Å². The third kappa shape index (κ3) is 3.30. The number of hydrogen-bond acceptors (Lipinski definition) is 4. The van der Waals surface area contributed by atoms with E-state index in [2.05, 4.69) is 27.5 Å². The van der Waals surface area contributed by atoms with Gasteiger partial charge in [-0.15, -0.1) is 0 Å². The van der Waals surface area contributed by atoms with E-state index >= 15 is 0 Å². The minimum Gasteiger partial charge on any atom is -0.379 e. The molecule has 1 aliphatic rings. The van der Waals surface area contributed by atoms with Gasteiger partial charge in [0.1, 0.15) is 0 Å². The van der Waals surface area contributed by atoms with Gasteiger partial charge in [-0.2, -0.15) is 0 Å². The highest BCUT2D eigenvalue weighted by molar-refractivity contribution is 5.79. The molecule has 1 aromatic rings. The number of aromatic nitrogens is 2. The number of carbonyl (C=O) groups excluding carboxylic acids is 1. The van der Waals surface area contributed by atoms with Gasteiger partial charge in [0, 0.05) is 12.2 Å². The van der Waals surface area contributed by atoms with E-state index in [-0.39, 0.29) is 17.9 Å². The molecule has 2 atom stereocenters. The first kappa shape index (κ1) is 13.0. The lowest BCUT2D eigenvalue weighted by atomic mass is 10.0. The van der Waals surface area contributed by atoms with Crippen molar-refractivity contribution >= 4 is 5.91 Å². The number of carbonyl (C=O) groups is 1. The summed E-state index contributed by atoms with van der Waals surface area (Å²) in [7, 11) is 0. The van der Waals surface area contributed by atoms with E-state index in [1.165, 1.54) is 0 Å². The van der Waals surface area contributed by atoms with Gasteiger partial charge >= 0.3 is 0 Å². The lowest BCUT2D eigenvalue weighted by Crippen LogP contribution is -2.44. The fraction of sp³-hybridized carbons (Fsp3) is 0.667. The van der Waals surface area contributed by atoms with E-state index in [1.54, 1.807) is 12.5 Å². The molecule has 0 spiro atoms.